The van der Waals surface area contributed by atoms with Gasteiger partial charge in [0.2, 0.25) is 15.9 Å². The monoisotopic (exact) mass is 275 g/mol. The molecule has 92 valence electrons. The van der Waals surface area contributed by atoms with Gasteiger partial charge in [0, 0.05) is 19.3 Å². The van der Waals surface area contributed by atoms with Gasteiger partial charge in [0.15, 0.2) is 0 Å². The van der Waals surface area contributed by atoms with E-state index in [4.69, 9.17) is 11.6 Å². The molecule has 1 N–H and O–H groups in total. The number of hydrogen-bond donors (Lipinski definition) is 1. The minimum Gasteiger partial charge on any atom is -0.354 e. The first-order valence-corrected chi connectivity index (χ1v) is 6.71. The number of piperazine rings is 1. The van der Waals surface area contributed by atoms with Crippen LogP contribution in [-0.4, -0.2) is 43.2 Å². The van der Waals surface area contributed by atoms with E-state index in [1.807, 2.05) is 0 Å². The summed E-state index contributed by atoms with van der Waals surface area (Å²) < 4.78 is 25.4. The molecule has 1 aromatic heterocycles. The van der Waals surface area contributed by atoms with Crippen LogP contribution in [0, 0.1) is 0 Å². The third kappa shape index (κ3) is 2.41. The molecule has 0 bridgehead atoms. The van der Waals surface area contributed by atoms with E-state index in [1.165, 1.54) is 18.3 Å². The maximum atomic E-state index is 12.2. The highest BCUT2D eigenvalue weighted by atomic mass is 35.5. The fourth-order valence-electron chi connectivity index (χ4n) is 1.52. The Labute approximate surface area is 104 Å². The van der Waals surface area contributed by atoms with E-state index < -0.39 is 10.0 Å². The highest BCUT2D eigenvalue weighted by Gasteiger charge is 2.30. The largest absolute Gasteiger partial charge is 0.354 e. The molecule has 1 aliphatic heterocycles. The van der Waals surface area contributed by atoms with Crippen molar-refractivity contribution >= 4 is 27.5 Å². The van der Waals surface area contributed by atoms with Gasteiger partial charge in [-0.1, -0.05) is 11.6 Å². The van der Waals surface area contributed by atoms with Crippen LogP contribution in [0.4, 0.5) is 0 Å². The zero-order valence-electron chi connectivity index (χ0n) is 8.76. The Bertz CT molecular complexity index is 546. The molecule has 2 rings (SSSR count). The van der Waals surface area contributed by atoms with Gasteiger partial charge >= 0.3 is 0 Å². The third-order valence-corrected chi connectivity index (χ3v) is 4.64. The summed E-state index contributed by atoms with van der Waals surface area (Å²) in [6, 6.07) is 2.86. The average molecular weight is 276 g/mol. The predicted molar refractivity (Wildman–Crippen MR) is 61.0 cm³/mol. The summed E-state index contributed by atoms with van der Waals surface area (Å²) in [5.41, 5.74) is 0. The number of nitrogens with zero attached hydrogens (tertiary/aromatic N) is 2. The van der Waals surface area contributed by atoms with Crippen LogP contribution < -0.4 is 5.32 Å². The maximum absolute atomic E-state index is 12.2. The molecule has 0 spiro atoms. The molecule has 1 amide bonds. The van der Waals surface area contributed by atoms with E-state index >= 15 is 0 Å². The van der Waals surface area contributed by atoms with Gasteiger partial charge in [0.1, 0.15) is 10.0 Å². The summed E-state index contributed by atoms with van der Waals surface area (Å²) in [6.07, 6.45) is 1.41. The van der Waals surface area contributed by atoms with Crippen molar-refractivity contribution in [2.75, 3.05) is 19.6 Å². The Hall–Kier alpha value is -1.18. The van der Waals surface area contributed by atoms with Crippen LogP contribution in [0.25, 0.3) is 0 Å². The van der Waals surface area contributed by atoms with E-state index in [9.17, 15) is 13.2 Å². The minimum atomic E-state index is -3.75. The second-order valence-electron chi connectivity index (χ2n) is 3.48. The number of carbonyl (C=O) groups excluding carboxylic acids is 1. The molecule has 1 saturated heterocycles. The Kier molecular flexibility index (Phi) is 3.32. The van der Waals surface area contributed by atoms with Gasteiger partial charge in [0.25, 0.3) is 0 Å². The minimum absolute atomic E-state index is 0.0728. The Morgan fingerprint density at radius 1 is 1.47 bits per heavy atom. The van der Waals surface area contributed by atoms with Gasteiger partial charge in [-0.3, -0.25) is 4.79 Å². The smallest absolute Gasteiger partial charge is 0.246 e. The van der Waals surface area contributed by atoms with Crippen LogP contribution in [-0.2, 0) is 14.8 Å². The van der Waals surface area contributed by atoms with Crippen molar-refractivity contribution in [3.8, 4) is 0 Å². The van der Waals surface area contributed by atoms with Gasteiger partial charge < -0.3 is 5.32 Å². The van der Waals surface area contributed by atoms with Crippen LogP contribution in [0.15, 0.2) is 23.2 Å². The summed E-state index contributed by atoms with van der Waals surface area (Å²) in [5, 5.41) is 2.47. The summed E-state index contributed by atoms with van der Waals surface area (Å²) in [7, 11) is -3.75. The van der Waals surface area contributed by atoms with E-state index in [0.717, 1.165) is 4.31 Å². The van der Waals surface area contributed by atoms with Crippen LogP contribution in [0.3, 0.4) is 0 Å². The van der Waals surface area contributed by atoms with Crippen LogP contribution >= 0.6 is 11.6 Å². The van der Waals surface area contributed by atoms with Crippen LogP contribution in [0.5, 0.6) is 0 Å². The van der Waals surface area contributed by atoms with Crippen molar-refractivity contribution in [1.82, 2.24) is 14.6 Å². The maximum Gasteiger partial charge on any atom is 0.246 e. The quantitative estimate of drug-likeness (QED) is 0.762. The second kappa shape index (κ2) is 4.59. The molecule has 6 nitrogen and oxygen atoms in total. The lowest BCUT2D eigenvalue weighted by Gasteiger charge is -2.25. The van der Waals surface area contributed by atoms with Gasteiger partial charge in [0.05, 0.1) is 6.54 Å². The molecule has 1 aromatic rings. The topological polar surface area (TPSA) is 79.4 Å². The van der Waals surface area contributed by atoms with E-state index in [0.29, 0.717) is 6.54 Å². The first-order valence-electron chi connectivity index (χ1n) is 4.89. The lowest BCUT2D eigenvalue weighted by Crippen LogP contribution is -2.49. The molecule has 0 aliphatic carbocycles. The summed E-state index contributed by atoms with van der Waals surface area (Å²) in [4.78, 5) is 14.8. The Morgan fingerprint density at radius 2 is 2.24 bits per heavy atom. The van der Waals surface area contributed by atoms with Crippen LogP contribution in [0.1, 0.15) is 0 Å². The van der Waals surface area contributed by atoms with Crippen molar-refractivity contribution in [3.63, 3.8) is 0 Å². The zero-order valence-corrected chi connectivity index (χ0v) is 10.3. The number of aromatic nitrogens is 1. The summed E-state index contributed by atoms with van der Waals surface area (Å²) in [5.74, 6) is -0.320. The summed E-state index contributed by atoms with van der Waals surface area (Å²) in [6.45, 7) is 0.350. The lowest BCUT2D eigenvalue weighted by molar-refractivity contribution is -0.122. The number of carbonyl (C=O) groups is 1. The fraction of sp³-hybridized carbons (Fsp3) is 0.333. The molecular formula is C9H10ClN3O3S. The van der Waals surface area contributed by atoms with E-state index in [2.05, 4.69) is 10.3 Å². The van der Waals surface area contributed by atoms with Crippen molar-refractivity contribution in [1.29, 1.82) is 0 Å². The number of hydrogen-bond acceptors (Lipinski definition) is 4. The Morgan fingerprint density at radius 3 is 2.88 bits per heavy atom. The SMILES string of the molecule is O=C1CN(S(=O)(=O)c2cccnc2Cl)CCN1. The predicted octanol–water partition coefficient (Wildman–Crippen LogP) is -0.145. The molecule has 0 saturated carbocycles. The van der Waals surface area contributed by atoms with Crippen molar-refractivity contribution in [3.05, 3.63) is 23.5 Å². The van der Waals surface area contributed by atoms with Crippen LogP contribution in [0.2, 0.25) is 5.15 Å². The van der Waals surface area contributed by atoms with Gasteiger partial charge in [-0.2, -0.15) is 4.31 Å². The molecule has 0 radical (unpaired) electrons. The summed E-state index contributed by atoms with van der Waals surface area (Å²) >= 11 is 5.75. The lowest BCUT2D eigenvalue weighted by atomic mass is 10.4. The number of rotatable bonds is 2. The number of halogens is 1. The molecule has 2 heterocycles. The van der Waals surface area contributed by atoms with E-state index in [1.54, 1.807) is 0 Å². The van der Waals surface area contributed by atoms with Crippen molar-refractivity contribution in [2.24, 2.45) is 0 Å². The fourth-order valence-corrected chi connectivity index (χ4v) is 3.35. The number of nitrogens with one attached hydrogen (secondary N) is 1. The molecule has 0 aromatic carbocycles. The number of amides is 1. The third-order valence-electron chi connectivity index (χ3n) is 2.35. The Balaban J connectivity index is 2.36. The number of pyridine rings is 1. The van der Waals surface area contributed by atoms with Crippen molar-refractivity contribution in [2.45, 2.75) is 4.90 Å². The molecule has 17 heavy (non-hydrogen) atoms. The first kappa shape index (κ1) is 12.3. The van der Waals surface area contributed by atoms with Gasteiger partial charge in [-0.05, 0) is 12.1 Å². The van der Waals surface area contributed by atoms with E-state index in [-0.39, 0.29) is 29.0 Å². The highest BCUT2D eigenvalue weighted by Crippen LogP contribution is 2.22. The molecular weight excluding hydrogens is 266 g/mol. The van der Waals surface area contributed by atoms with Gasteiger partial charge in [-0.15, -0.1) is 0 Å². The molecule has 0 atom stereocenters. The standard InChI is InChI=1S/C9H10ClN3O3S/c10-9-7(2-1-3-12-9)17(15,16)13-5-4-11-8(14)6-13/h1-3H,4-6H2,(H,11,14). The molecule has 1 aliphatic rings. The first-order chi connectivity index (χ1) is 8.01. The highest BCUT2D eigenvalue weighted by molar-refractivity contribution is 7.89. The zero-order chi connectivity index (χ0) is 12.5. The normalized spacial score (nSPS) is 17.8. The molecule has 1 fully saturated rings. The average Bonchev–Trinajstić information content (AvgIpc) is 2.29. The van der Waals surface area contributed by atoms with Gasteiger partial charge in [-0.25, -0.2) is 13.4 Å². The molecule has 0 unspecified atom stereocenters. The molecule has 8 heteroatoms. The van der Waals surface area contributed by atoms with Crippen molar-refractivity contribution < 1.29 is 13.2 Å². The number of sulfonamides is 1. The second-order valence-corrected chi connectivity index (χ2v) is 5.75.